The quantitative estimate of drug-likeness (QED) is 0.748. The Labute approximate surface area is 103 Å². The number of carbonyl (C=O) groups excluding carboxylic acids is 1. The van der Waals surface area contributed by atoms with Gasteiger partial charge in [0.1, 0.15) is 17.1 Å². The first-order valence-corrected chi connectivity index (χ1v) is 5.31. The lowest BCUT2D eigenvalue weighted by Crippen LogP contribution is -2.12. The Morgan fingerprint density at radius 2 is 1.94 bits per heavy atom. The van der Waals surface area contributed by atoms with Gasteiger partial charge in [-0.3, -0.25) is 9.48 Å². The number of phenolic OH excluding ortho intramolecular Hbond substituents is 2. The number of nitrogens with zero attached hydrogens (tertiary/aromatic N) is 2. The third-order valence-electron chi connectivity index (χ3n) is 2.51. The van der Waals surface area contributed by atoms with Gasteiger partial charge in [-0.1, -0.05) is 6.07 Å². The second-order valence-electron chi connectivity index (χ2n) is 3.93. The standard InChI is InChI=1S/C12H13N3O3/c1-7-8(6-15(2)14-7)13-12(18)11-9(16)4-3-5-10(11)17/h3-6,16-17H,1-2H3,(H,13,18). The van der Waals surface area contributed by atoms with Crippen LogP contribution < -0.4 is 5.32 Å². The number of hydrogen-bond acceptors (Lipinski definition) is 4. The number of carbonyl (C=O) groups is 1. The van der Waals surface area contributed by atoms with Crippen molar-refractivity contribution in [1.29, 1.82) is 0 Å². The van der Waals surface area contributed by atoms with E-state index in [1.54, 1.807) is 24.9 Å². The van der Waals surface area contributed by atoms with Gasteiger partial charge in [0, 0.05) is 13.2 Å². The highest BCUT2D eigenvalue weighted by Gasteiger charge is 2.17. The van der Waals surface area contributed by atoms with Gasteiger partial charge in [-0.05, 0) is 19.1 Å². The molecule has 0 saturated carbocycles. The van der Waals surface area contributed by atoms with Crippen LogP contribution in [0.5, 0.6) is 11.5 Å². The minimum Gasteiger partial charge on any atom is -0.507 e. The molecular formula is C12H13N3O3. The maximum absolute atomic E-state index is 11.9. The van der Waals surface area contributed by atoms with Crippen molar-refractivity contribution in [1.82, 2.24) is 9.78 Å². The summed E-state index contributed by atoms with van der Waals surface area (Å²) in [5.41, 5.74) is 1.03. The van der Waals surface area contributed by atoms with Crippen LogP contribution in [0.1, 0.15) is 16.1 Å². The Morgan fingerprint density at radius 1 is 1.33 bits per heavy atom. The molecule has 2 aromatic rings. The number of benzene rings is 1. The highest BCUT2D eigenvalue weighted by molar-refractivity contribution is 6.08. The van der Waals surface area contributed by atoms with Gasteiger partial charge in [0.2, 0.25) is 0 Å². The van der Waals surface area contributed by atoms with Gasteiger partial charge < -0.3 is 15.5 Å². The number of anilines is 1. The molecule has 3 N–H and O–H groups in total. The smallest absolute Gasteiger partial charge is 0.263 e. The van der Waals surface area contributed by atoms with E-state index in [1.165, 1.54) is 18.2 Å². The average Bonchev–Trinajstić information content (AvgIpc) is 2.57. The Balaban J connectivity index is 2.30. The number of amides is 1. The minimum absolute atomic E-state index is 0.152. The molecule has 1 aromatic carbocycles. The van der Waals surface area contributed by atoms with Crippen LogP contribution in [0.25, 0.3) is 0 Å². The highest BCUT2D eigenvalue weighted by Crippen LogP contribution is 2.27. The molecule has 0 aliphatic carbocycles. The van der Waals surface area contributed by atoms with E-state index in [2.05, 4.69) is 10.4 Å². The van der Waals surface area contributed by atoms with E-state index < -0.39 is 5.91 Å². The Kier molecular flexibility index (Phi) is 2.93. The summed E-state index contributed by atoms with van der Waals surface area (Å²) in [5, 5.41) is 25.8. The van der Waals surface area contributed by atoms with Crippen molar-refractivity contribution >= 4 is 11.6 Å². The lowest BCUT2D eigenvalue weighted by Gasteiger charge is -2.07. The monoisotopic (exact) mass is 247 g/mol. The van der Waals surface area contributed by atoms with Gasteiger partial charge in [-0.25, -0.2) is 0 Å². The fourth-order valence-electron chi connectivity index (χ4n) is 1.67. The summed E-state index contributed by atoms with van der Waals surface area (Å²) in [6, 6.07) is 4.13. The van der Waals surface area contributed by atoms with Crippen molar-refractivity contribution in [3.8, 4) is 11.5 Å². The van der Waals surface area contributed by atoms with Gasteiger partial charge in [0.15, 0.2) is 0 Å². The average molecular weight is 247 g/mol. The molecule has 0 fully saturated rings. The summed E-state index contributed by atoms with van der Waals surface area (Å²) in [7, 11) is 1.74. The van der Waals surface area contributed by atoms with Gasteiger partial charge in [0.25, 0.3) is 5.91 Å². The molecule has 0 unspecified atom stereocenters. The third-order valence-corrected chi connectivity index (χ3v) is 2.51. The molecule has 1 heterocycles. The lowest BCUT2D eigenvalue weighted by molar-refractivity contribution is 0.102. The van der Waals surface area contributed by atoms with E-state index >= 15 is 0 Å². The number of rotatable bonds is 2. The molecule has 2 rings (SSSR count). The maximum Gasteiger partial charge on any atom is 0.263 e. The Bertz CT molecular complexity index is 584. The van der Waals surface area contributed by atoms with Crippen molar-refractivity contribution < 1.29 is 15.0 Å². The van der Waals surface area contributed by atoms with Gasteiger partial charge in [-0.15, -0.1) is 0 Å². The molecule has 6 nitrogen and oxygen atoms in total. The van der Waals surface area contributed by atoms with Gasteiger partial charge in [-0.2, -0.15) is 5.10 Å². The Morgan fingerprint density at radius 3 is 2.44 bits per heavy atom. The minimum atomic E-state index is -0.582. The molecule has 0 bridgehead atoms. The summed E-state index contributed by atoms with van der Waals surface area (Å²) in [4.78, 5) is 11.9. The van der Waals surface area contributed by atoms with E-state index in [0.29, 0.717) is 11.4 Å². The molecule has 0 radical (unpaired) electrons. The SMILES string of the molecule is Cc1nn(C)cc1NC(=O)c1c(O)cccc1O. The third kappa shape index (κ3) is 2.13. The van der Waals surface area contributed by atoms with Crippen LogP contribution in [0.2, 0.25) is 0 Å². The zero-order chi connectivity index (χ0) is 13.3. The maximum atomic E-state index is 11.9. The van der Waals surface area contributed by atoms with Crippen LogP contribution in [0.3, 0.4) is 0 Å². The largest absolute Gasteiger partial charge is 0.507 e. The number of aryl methyl sites for hydroxylation is 2. The van der Waals surface area contributed by atoms with E-state index in [1.807, 2.05) is 0 Å². The van der Waals surface area contributed by atoms with E-state index in [9.17, 15) is 15.0 Å². The summed E-state index contributed by atoms with van der Waals surface area (Å²) in [6.45, 7) is 1.75. The van der Waals surface area contributed by atoms with Crippen LogP contribution in [-0.2, 0) is 7.05 Å². The first-order valence-electron chi connectivity index (χ1n) is 5.31. The van der Waals surface area contributed by atoms with Crippen molar-refractivity contribution in [2.24, 2.45) is 7.05 Å². The fourth-order valence-corrected chi connectivity index (χ4v) is 1.67. The second kappa shape index (κ2) is 4.40. The van der Waals surface area contributed by atoms with E-state index in [4.69, 9.17) is 0 Å². The topological polar surface area (TPSA) is 87.4 Å². The number of aromatic nitrogens is 2. The molecule has 1 amide bonds. The van der Waals surface area contributed by atoms with Crippen LogP contribution in [-0.4, -0.2) is 25.9 Å². The van der Waals surface area contributed by atoms with Crippen molar-refractivity contribution in [2.75, 3.05) is 5.32 Å². The fraction of sp³-hybridized carbons (Fsp3) is 0.167. The number of aromatic hydroxyl groups is 2. The summed E-state index contributed by atoms with van der Waals surface area (Å²) in [5.74, 6) is -1.12. The Hall–Kier alpha value is -2.50. The first-order chi connectivity index (χ1) is 8.49. The molecule has 0 atom stereocenters. The molecule has 0 saturated heterocycles. The molecule has 94 valence electrons. The summed E-state index contributed by atoms with van der Waals surface area (Å²) < 4.78 is 1.57. The molecule has 0 aliphatic heterocycles. The lowest BCUT2D eigenvalue weighted by atomic mass is 10.1. The van der Waals surface area contributed by atoms with Gasteiger partial charge >= 0.3 is 0 Å². The summed E-state index contributed by atoms with van der Waals surface area (Å²) >= 11 is 0. The molecular weight excluding hydrogens is 234 g/mol. The molecule has 0 spiro atoms. The molecule has 18 heavy (non-hydrogen) atoms. The van der Waals surface area contributed by atoms with Crippen molar-refractivity contribution in [3.05, 3.63) is 35.7 Å². The van der Waals surface area contributed by atoms with Crippen LogP contribution in [0.15, 0.2) is 24.4 Å². The number of nitrogens with one attached hydrogen (secondary N) is 1. The van der Waals surface area contributed by atoms with Crippen LogP contribution >= 0.6 is 0 Å². The molecule has 6 heteroatoms. The zero-order valence-electron chi connectivity index (χ0n) is 10.0. The predicted molar refractivity (Wildman–Crippen MR) is 65.7 cm³/mol. The van der Waals surface area contributed by atoms with Crippen LogP contribution in [0.4, 0.5) is 5.69 Å². The molecule has 0 aliphatic rings. The summed E-state index contributed by atoms with van der Waals surface area (Å²) in [6.07, 6.45) is 1.64. The van der Waals surface area contributed by atoms with E-state index in [-0.39, 0.29) is 17.1 Å². The number of hydrogen-bond donors (Lipinski definition) is 3. The first kappa shape index (κ1) is 12.0. The van der Waals surface area contributed by atoms with Crippen molar-refractivity contribution in [3.63, 3.8) is 0 Å². The van der Waals surface area contributed by atoms with Crippen molar-refractivity contribution in [2.45, 2.75) is 6.92 Å². The van der Waals surface area contributed by atoms with Crippen LogP contribution in [0, 0.1) is 6.92 Å². The van der Waals surface area contributed by atoms with E-state index in [0.717, 1.165) is 0 Å². The second-order valence-corrected chi connectivity index (χ2v) is 3.93. The highest BCUT2D eigenvalue weighted by atomic mass is 16.3. The predicted octanol–water partition coefficient (Wildman–Crippen LogP) is 1.39. The zero-order valence-corrected chi connectivity index (χ0v) is 10.0. The normalized spacial score (nSPS) is 10.3. The van der Waals surface area contributed by atoms with Gasteiger partial charge in [0.05, 0.1) is 11.4 Å². The molecule has 1 aromatic heterocycles. The number of phenols is 2.